The first-order valence-corrected chi connectivity index (χ1v) is 16.9. The second kappa shape index (κ2) is 11.2. The van der Waals surface area contributed by atoms with Gasteiger partial charge < -0.3 is 0 Å². The molecule has 0 aliphatic rings. The van der Waals surface area contributed by atoms with E-state index in [1.54, 1.807) is 0 Å². The third-order valence-corrected chi connectivity index (χ3v) is 9.78. The topological polar surface area (TPSA) is 43.6 Å². The van der Waals surface area contributed by atoms with Crippen LogP contribution in [0.15, 0.2) is 164 Å². The molecule has 0 radical (unpaired) electrons. The molecule has 10 rings (SSSR count). The molecule has 0 unspecified atom stereocenters. The zero-order chi connectivity index (χ0) is 33.2. The van der Waals surface area contributed by atoms with Crippen molar-refractivity contribution < 1.29 is 0 Å². The van der Waals surface area contributed by atoms with Crippen molar-refractivity contribution in [1.29, 1.82) is 0 Å². The van der Waals surface area contributed by atoms with Gasteiger partial charge in [0.2, 0.25) is 5.95 Å². The quantitative estimate of drug-likeness (QED) is 0.180. The van der Waals surface area contributed by atoms with Crippen LogP contribution in [-0.2, 0) is 0 Å². The van der Waals surface area contributed by atoms with Crippen molar-refractivity contribution in [2.24, 2.45) is 0 Å². The van der Waals surface area contributed by atoms with Crippen LogP contribution in [0.3, 0.4) is 0 Å². The highest BCUT2D eigenvalue weighted by Gasteiger charge is 2.15. The largest absolute Gasteiger partial charge is 0.278 e. The molecule has 0 aliphatic carbocycles. The van der Waals surface area contributed by atoms with E-state index in [2.05, 4.69) is 175 Å². The summed E-state index contributed by atoms with van der Waals surface area (Å²) in [5.74, 6) is 0.588. The lowest BCUT2D eigenvalue weighted by molar-refractivity contribution is 1.00. The third kappa shape index (κ3) is 4.73. The number of hydrogen-bond acceptors (Lipinski definition) is 3. The first kappa shape index (κ1) is 28.4. The van der Waals surface area contributed by atoms with Gasteiger partial charge in [-0.2, -0.15) is 9.97 Å². The molecule has 0 N–H and O–H groups in total. The van der Waals surface area contributed by atoms with Gasteiger partial charge in [-0.25, -0.2) is 4.98 Å². The molecular formula is C46H30N4. The van der Waals surface area contributed by atoms with Gasteiger partial charge in [-0.05, 0) is 98.0 Å². The van der Waals surface area contributed by atoms with Crippen molar-refractivity contribution in [2.75, 3.05) is 0 Å². The van der Waals surface area contributed by atoms with E-state index in [0.29, 0.717) is 17.2 Å². The number of aromatic nitrogens is 4. The monoisotopic (exact) mass is 638 g/mol. The highest BCUT2D eigenvalue weighted by atomic mass is 15.2. The van der Waals surface area contributed by atoms with E-state index >= 15 is 0 Å². The Bertz CT molecular complexity index is 2920. The van der Waals surface area contributed by atoms with Crippen LogP contribution in [0.4, 0.5) is 0 Å². The molecule has 50 heavy (non-hydrogen) atoms. The van der Waals surface area contributed by atoms with E-state index in [0.717, 1.165) is 54.1 Å². The number of benzene rings is 7. The Morgan fingerprint density at radius 3 is 1.16 bits per heavy atom. The summed E-state index contributed by atoms with van der Waals surface area (Å²) in [5.41, 5.74) is 4.59. The van der Waals surface area contributed by atoms with Crippen LogP contribution in [0.5, 0.6) is 0 Å². The van der Waals surface area contributed by atoms with E-state index in [1.165, 1.54) is 27.1 Å². The molecule has 234 valence electrons. The molecule has 10 aromatic rings. The Morgan fingerprint density at radius 1 is 0.340 bits per heavy atom. The first-order valence-electron chi connectivity index (χ1n) is 16.9. The van der Waals surface area contributed by atoms with Crippen molar-refractivity contribution in [3.8, 4) is 5.95 Å². The molecule has 0 spiro atoms. The fourth-order valence-corrected chi connectivity index (χ4v) is 7.41. The molecule has 0 atom stereocenters. The smallest absolute Gasteiger partial charge is 0.238 e. The summed E-state index contributed by atoms with van der Waals surface area (Å²) in [6, 6.07) is 58.5. The summed E-state index contributed by atoms with van der Waals surface area (Å²) in [5, 5.41) is 13.4. The maximum Gasteiger partial charge on any atom is 0.238 e. The molecule has 0 saturated carbocycles. The summed E-state index contributed by atoms with van der Waals surface area (Å²) in [6.45, 7) is 2.17. The summed E-state index contributed by atoms with van der Waals surface area (Å²) in [6.07, 6.45) is 0. The average Bonchev–Trinajstić information content (AvgIpc) is 3.52. The van der Waals surface area contributed by atoms with E-state index in [1.807, 2.05) is 0 Å². The molecule has 3 aromatic heterocycles. The molecule has 0 fully saturated rings. The SMILES string of the molecule is Cc1cc2cc(c1)c1cccc(c1)c1cccc(c1)c1nc(-n3c4ccccc4c4ccccc43)nc(n1)c1cccc(c1)c1cccc2c1. The van der Waals surface area contributed by atoms with Gasteiger partial charge in [0.05, 0.1) is 11.0 Å². The van der Waals surface area contributed by atoms with Crippen LogP contribution in [0.25, 0.3) is 92.9 Å². The Labute approximate surface area is 287 Å². The molecule has 12 bridgehead atoms. The van der Waals surface area contributed by atoms with Crippen molar-refractivity contribution in [2.45, 2.75) is 6.92 Å². The Balaban J connectivity index is 1.41. The maximum atomic E-state index is 5.21. The van der Waals surface area contributed by atoms with Crippen LogP contribution in [-0.4, -0.2) is 19.5 Å². The minimum absolute atomic E-state index is 0.588. The van der Waals surface area contributed by atoms with Gasteiger partial charge in [0.1, 0.15) is 0 Å². The standard InChI is InChI=1S/C46H30N4/c1-29-22-38-28-39(23-29)35-15-7-11-31(25-35)33-13-9-17-37(27-33)45-47-44(36-16-8-12-32(26-36)30-10-6-14-34(38)24-30)48-46(49-45)50-42-20-4-2-18-40(42)41-19-3-5-21-43(41)50/h2-28H,1H3. The minimum atomic E-state index is 0.588. The van der Waals surface area contributed by atoms with Gasteiger partial charge in [-0.3, -0.25) is 4.57 Å². The van der Waals surface area contributed by atoms with Crippen LogP contribution in [0.2, 0.25) is 0 Å². The van der Waals surface area contributed by atoms with Gasteiger partial charge in [0.25, 0.3) is 0 Å². The summed E-state index contributed by atoms with van der Waals surface area (Å²) >= 11 is 0. The fraction of sp³-hybridized carbons (Fsp3) is 0.0217. The van der Waals surface area contributed by atoms with E-state index in [4.69, 9.17) is 15.0 Å². The van der Waals surface area contributed by atoms with Gasteiger partial charge in [-0.1, -0.05) is 121 Å². The van der Waals surface area contributed by atoms with E-state index in [9.17, 15) is 0 Å². The van der Waals surface area contributed by atoms with Crippen LogP contribution in [0.1, 0.15) is 5.56 Å². The predicted molar refractivity (Wildman–Crippen MR) is 210 cm³/mol. The van der Waals surface area contributed by atoms with Crippen molar-refractivity contribution in [3.63, 3.8) is 0 Å². The minimum Gasteiger partial charge on any atom is -0.278 e. The summed E-state index contributed by atoms with van der Waals surface area (Å²) < 4.78 is 2.17. The summed E-state index contributed by atoms with van der Waals surface area (Å²) in [7, 11) is 0. The lowest BCUT2D eigenvalue weighted by Crippen LogP contribution is -2.03. The zero-order valence-corrected chi connectivity index (χ0v) is 27.4. The highest BCUT2D eigenvalue weighted by Crippen LogP contribution is 2.32. The van der Waals surface area contributed by atoms with Crippen LogP contribution < -0.4 is 0 Å². The Kier molecular flexibility index (Phi) is 6.36. The van der Waals surface area contributed by atoms with Gasteiger partial charge >= 0.3 is 0 Å². The van der Waals surface area contributed by atoms with Gasteiger partial charge in [-0.15, -0.1) is 0 Å². The van der Waals surface area contributed by atoms with Crippen molar-refractivity contribution >= 4 is 87.0 Å². The number of aryl methyl sites for hydroxylation is 1. The fourth-order valence-electron chi connectivity index (χ4n) is 7.41. The predicted octanol–water partition coefficient (Wildman–Crippen LogP) is 11.9. The molecule has 0 saturated heterocycles. The van der Waals surface area contributed by atoms with Crippen molar-refractivity contribution in [3.05, 3.63) is 169 Å². The van der Waals surface area contributed by atoms with E-state index in [-0.39, 0.29) is 0 Å². The molecule has 4 heteroatoms. The van der Waals surface area contributed by atoms with E-state index < -0.39 is 0 Å². The lowest BCUT2D eigenvalue weighted by atomic mass is 10.0. The Hall–Kier alpha value is -6.65. The number of para-hydroxylation sites is 2. The second-order valence-electron chi connectivity index (χ2n) is 13.1. The molecule has 7 aromatic carbocycles. The first-order chi connectivity index (χ1) is 24.6. The normalized spacial score (nSPS) is 11.7. The maximum absolute atomic E-state index is 5.21. The summed E-state index contributed by atoms with van der Waals surface area (Å²) in [4.78, 5) is 15.6. The number of nitrogens with zero attached hydrogens (tertiary/aromatic N) is 4. The molecule has 0 aliphatic heterocycles. The van der Waals surface area contributed by atoms with Crippen molar-refractivity contribution in [1.82, 2.24) is 19.5 Å². The molecule has 0 amide bonds. The lowest BCUT2D eigenvalue weighted by Gasteiger charge is -2.07. The molecule has 3 heterocycles. The zero-order valence-electron chi connectivity index (χ0n) is 27.4. The number of rotatable bonds is 1. The highest BCUT2D eigenvalue weighted by molar-refractivity contribution is 6.09. The molecular weight excluding hydrogens is 609 g/mol. The third-order valence-electron chi connectivity index (χ3n) is 9.78. The van der Waals surface area contributed by atoms with Crippen LogP contribution >= 0.6 is 0 Å². The Morgan fingerprint density at radius 2 is 0.700 bits per heavy atom. The molecule has 4 nitrogen and oxygen atoms in total. The average molecular weight is 639 g/mol. The second-order valence-corrected chi connectivity index (χ2v) is 13.1. The van der Waals surface area contributed by atoms with Gasteiger partial charge in [0.15, 0.2) is 11.3 Å². The number of fused-ring (bicyclic) bond motifs is 21. The van der Waals surface area contributed by atoms with Gasteiger partial charge in [0, 0.05) is 21.5 Å². The van der Waals surface area contributed by atoms with Crippen LogP contribution in [0, 0.1) is 6.92 Å². The number of hydrogen-bond donors (Lipinski definition) is 0.